The van der Waals surface area contributed by atoms with E-state index in [1.807, 2.05) is 6.92 Å². The highest BCUT2D eigenvalue weighted by Crippen LogP contribution is 2.26. The molecule has 1 fully saturated rings. The zero-order chi connectivity index (χ0) is 13.8. The first-order valence-electron chi connectivity index (χ1n) is 7.66. The molecule has 20 heavy (non-hydrogen) atoms. The van der Waals surface area contributed by atoms with Crippen LogP contribution in [0.1, 0.15) is 38.1 Å². The van der Waals surface area contributed by atoms with Crippen molar-refractivity contribution in [2.45, 2.75) is 38.8 Å². The van der Waals surface area contributed by atoms with Gasteiger partial charge in [-0.15, -0.1) is 0 Å². The number of hydrogen-bond donors (Lipinski definition) is 1. The molecule has 1 saturated heterocycles. The molecule has 1 aliphatic rings. The summed E-state index contributed by atoms with van der Waals surface area (Å²) in [5, 5.41) is 3.56. The quantitative estimate of drug-likeness (QED) is 0.823. The molecule has 1 unspecified atom stereocenters. The number of fused-ring (bicyclic) bond motifs is 1. The van der Waals surface area contributed by atoms with Crippen LogP contribution in [0.5, 0.6) is 0 Å². The van der Waals surface area contributed by atoms with Gasteiger partial charge in [-0.05, 0) is 44.9 Å². The molecule has 0 amide bonds. The second kappa shape index (κ2) is 6.37. The summed E-state index contributed by atoms with van der Waals surface area (Å²) in [6.07, 6.45) is 3.47. The summed E-state index contributed by atoms with van der Waals surface area (Å²) in [6, 6.07) is 8.84. The van der Waals surface area contributed by atoms with E-state index in [0.29, 0.717) is 6.04 Å². The average molecular weight is 273 g/mol. The number of para-hydroxylation sites is 2. The fourth-order valence-electron chi connectivity index (χ4n) is 2.97. The summed E-state index contributed by atoms with van der Waals surface area (Å²) >= 11 is 0. The Bertz CT molecular complexity index is 558. The smallest absolute Gasteiger partial charge is 0.127 e. The number of hydrogen-bond acceptors (Lipinski definition) is 3. The standard InChI is InChI=1S/C16H23N3O/c1-2-20-12-6-11-19-15-9-4-3-7-13(15)18-16(19)14-8-5-10-17-14/h3-4,7,9,14,17H,2,5-6,8,10-12H2,1H3. The van der Waals surface area contributed by atoms with Gasteiger partial charge in [-0.1, -0.05) is 12.1 Å². The predicted octanol–water partition coefficient (Wildman–Crippen LogP) is 2.89. The van der Waals surface area contributed by atoms with E-state index in [4.69, 9.17) is 9.72 Å². The molecule has 4 nitrogen and oxygen atoms in total. The number of ether oxygens (including phenoxy) is 1. The van der Waals surface area contributed by atoms with Gasteiger partial charge in [-0.2, -0.15) is 0 Å². The topological polar surface area (TPSA) is 39.1 Å². The molecule has 1 aromatic heterocycles. The van der Waals surface area contributed by atoms with Gasteiger partial charge in [0.05, 0.1) is 17.1 Å². The van der Waals surface area contributed by atoms with Gasteiger partial charge in [0.2, 0.25) is 0 Å². The van der Waals surface area contributed by atoms with Crippen LogP contribution in [0.15, 0.2) is 24.3 Å². The molecule has 1 atom stereocenters. The van der Waals surface area contributed by atoms with Gasteiger partial charge >= 0.3 is 0 Å². The van der Waals surface area contributed by atoms with Gasteiger partial charge in [0.15, 0.2) is 0 Å². The van der Waals surface area contributed by atoms with Gasteiger partial charge in [-0.25, -0.2) is 4.98 Å². The molecule has 4 heteroatoms. The number of aryl methyl sites for hydroxylation is 1. The van der Waals surface area contributed by atoms with E-state index >= 15 is 0 Å². The molecule has 3 rings (SSSR count). The number of aromatic nitrogens is 2. The highest BCUT2D eigenvalue weighted by Gasteiger charge is 2.22. The Balaban J connectivity index is 1.87. The molecule has 0 spiro atoms. The van der Waals surface area contributed by atoms with Crippen molar-refractivity contribution in [3.05, 3.63) is 30.1 Å². The first-order valence-corrected chi connectivity index (χ1v) is 7.66. The molecule has 2 heterocycles. The summed E-state index contributed by atoms with van der Waals surface area (Å²) in [5.74, 6) is 1.19. The van der Waals surface area contributed by atoms with Crippen molar-refractivity contribution in [2.24, 2.45) is 0 Å². The molecule has 0 aliphatic carbocycles. The summed E-state index contributed by atoms with van der Waals surface area (Å²) in [5.41, 5.74) is 2.35. The van der Waals surface area contributed by atoms with Gasteiger partial charge in [0.25, 0.3) is 0 Å². The molecule has 108 valence electrons. The zero-order valence-electron chi connectivity index (χ0n) is 12.1. The molecule has 2 aromatic rings. The Morgan fingerprint density at radius 3 is 3.10 bits per heavy atom. The summed E-state index contributed by atoms with van der Waals surface area (Å²) in [4.78, 5) is 4.85. The first-order chi connectivity index (χ1) is 9.90. The maximum atomic E-state index is 5.46. The van der Waals surface area contributed by atoms with E-state index in [0.717, 1.165) is 38.2 Å². The molecule has 1 aromatic carbocycles. The maximum absolute atomic E-state index is 5.46. The Morgan fingerprint density at radius 1 is 1.40 bits per heavy atom. The third-order valence-corrected chi connectivity index (χ3v) is 3.93. The lowest BCUT2D eigenvalue weighted by Gasteiger charge is -2.14. The van der Waals surface area contributed by atoms with Crippen LogP contribution in [0.2, 0.25) is 0 Å². The minimum atomic E-state index is 0.412. The van der Waals surface area contributed by atoms with Gasteiger partial charge < -0.3 is 14.6 Å². The molecular formula is C16H23N3O. The fraction of sp³-hybridized carbons (Fsp3) is 0.562. The third kappa shape index (κ3) is 2.72. The highest BCUT2D eigenvalue weighted by molar-refractivity contribution is 5.76. The van der Waals surface area contributed by atoms with Crippen LogP contribution in [0.3, 0.4) is 0 Å². The average Bonchev–Trinajstić information content (AvgIpc) is 3.11. The van der Waals surface area contributed by atoms with E-state index in [-0.39, 0.29) is 0 Å². The molecule has 1 N–H and O–H groups in total. The van der Waals surface area contributed by atoms with Crippen molar-refractivity contribution in [1.29, 1.82) is 0 Å². The summed E-state index contributed by atoms with van der Waals surface area (Å²) < 4.78 is 7.83. The Morgan fingerprint density at radius 2 is 2.30 bits per heavy atom. The highest BCUT2D eigenvalue weighted by atomic mass is 16.5. The molecule has 0 saturated carbocycles. The van der Waals surface area contributed by atoms with Crippen LogP contribution < -0.4 is 5.32 Å². The molecule has 0 bridgehead atoms. The van der Waals surface area contributed by atoms with Crippen molar-refractivity contribution < 1.29 is 4.74 Å². The van der Waals surface area contributed by atoms with Crippen LogP contribution in [-0.2, 0) is 11.3 Å². The minimum absolute atomic E-state index is 0.412. The normalized spacial score (nSPS) is 18.9. The van der Waals surface area contributed by atoms with Crippen LogP contribution in [0.4, 0.5) is 0 Å². The van der Waals surface area contributed by atoms with Crippen LogP contribution >= 0.6 is 0 Å². The Hall–Kier alpha value is -1.39. The van der Waals surface area contributed by atoms with E-state index in [1.165, 1.54) is 24.2 Å². The van der Waals surface area contributed by atoms with E-state index < -0.39 is 0 Å². The lowest BCUT2D eigenvalue weighted by atomic mass is 10.2. The molecule has 1 aliphatic heterocycles. The van der Waals surface area contributed by atoms with E-state index in [1.54, 1.807) is 0 Å². The number of nitrogens with zero attached hydrogens (tertiary/aromatic N) is 2. The maximum Gasteiger partial charge on any atom is 0.127 e. The van der Waals surface area contributed by atoms with Gasteiger partial charge in [0.1, 0.15) is 5.82 Å². The minimum Gasteiger partial charge on any atom is -0.382 e. The number of imidazole rings is 1. The van der Waals surface area contributed by atoms with Crippen molar-refractivity contribution in [1.82, 2.24) is 14.9 Å². The van der Waals surface area contributed by atoms with Crippen molar-refractivity contribution in [3.8, 4) is 0 Å². The van der Waals surface area contributed by atoms with Crippen LogP contribution in [0, 0.1) is 0 Å². The van der Waals surface area contributed by atoms with Crippen LogP contribution in [-0.4, -0.2) is 29.3 Å². The lowest BCUT2D eigenvalue weighted by molar-refractivity contribution is 0.141. The van der Waals surface area contributed by atoms with Crippen molar-refractivity contribution >= 4 is 11.0 Å². The largest absolute Gasteiger partial charge is 0.382 e. The number of benzene rings is 1. The number of nitrogens with one attached hydrogen (secondary N) is 1. The monoisotopic (exact) mass is 273 g/mol. The molecular weight excluding hydrogens is 250 g/mol. The molecule has 0 radical (unpaired) electrons. The second-order valence-corrected chi connectivity index (χ2v) is 5.31. The van der Waals surface area contributed by atoms with Gasteiger partial charge in [0, 0.05) is 19.8 Å². The lowest BCUT2D eigenvalue weighted by Crippen LogP contribution is -2.18. The zero-order valence-corrected chi connectivity index (χ0v) is 12.1. The Labute approximate surface area is 120 Å². The SMILES string of the molecule is CCOCCCn1c(C2CCCN2)nc2ccccc21. The van der Waals surface area contributed by atoms with Gasteiger partial charge in [-0.3, -0.25) is 0 Å². The summed E-state index contributed by atoms with van der Waals surface area (Å²) in [7, 11) is 0. The predicted molar refractivity (Wildman–Crippen MR) is 80.8 cm³/mol. The Kier molecular flexibility index (Phi) is 4.33. The fourth-order valence-corrected chi connectivity index (χ4v) is 2.97. The second-order valence-electron chi connectivity index (χ2n) is 5.31. The number of rotatable bonds is 6. The van der Waals surface area contributed by atoms with Crippen molar-refractivity contribution in [2.75, 3.05) is 19.8 Å². The van der Waals surface area contributed by atoms with E-state index in [2.05, 4.69) is 34.1 Å². The first kappa shape index (κ1) is 13.6. The van der Waals surface area contributed by atoms with Crippen molar-refractivity contribution in [3.63, 3.8) is 0 Å². The van der Waals surface area contributed by atoms with Crippen LogP contribution in [0.25, 0.3) is 11.0 Å². The summed E-state index contributed by atoms with van der Waals surface area (Å²) in [6.45, 7) is 5.74. The van der Waals surface area contributed by atoms with E-state index in [9.17, 15) is 0 Å². The third-order valence-electron chi connectivity index (χ3n) is 3.93.